The van der Waals surface area contributed by atoms with Gasteiger partial charge >= 0.3 is 0 Å². The first-order valence-corrected chi connectivity index (χ1v) is 13.3. The number of imidazole rings is 1. The van der Waals surface area contributed by atoms with Crippen LogP contribution in [0.1, 0.15) is 65.7 Å². The SMILES string of the molecule is CO[NH2+]c1ccc(C(=O)Nc2ccc(-c3nc4ccc(C(=O)NC5CCCCCCC5)cc4[nH]3)cc2)cc1. The van der Waals surface area contributed by atoms with Crippen LogP contribution >= 0.6 is 0 Å². The molecule has 4 aromatic rings. The summed E-state index contributed by atoms with van der Waals surface area (Å²) in [4.78, 5) is 38.5. The number of nitrogens with two attached hydrogens (primary N) is 1. The van der Waals surface area contributed by atoms with Gasteiger partial charge in [-0.05, 0) is 67.4 Å². The Labute approximate surface area is 222 Å². The van der Waals surface area contributed by atoms with Gasteiger partial charge in [0.15, 0.2) is 5.69 Å². The van der Waals surface area contributed by atoms with Gasteiger partial charge in [-0.3, -0.25) is 9.59 Å². The molecule has 1 fully saturated rings. The second-order valence-corrected chi connectivity index (χ2v) is 9.84. The summed E-state index contributed by atoms with van der Waals surface area (Å²) in [6, 6.07) is 20.5. The van der Waals surface area contributed by atoms with E-state index in [-0.39, 0.29) is 17.9 Å². The van der Waals surface area contributed by atoms with Gasteiger partial charge in [-0.15, -0.1) is 0 Å². The molecule has 8 heteroatoms. The van der Waals surface area contributed by atoms with Crippen LogP contribution in [0.4, 0.5) is 11.4 Å². The van der Waals surface area contributed by atoms with Gasteiger partial charge in [0.25, 0.3) is 11.8 Å². The molecule has 196 valence electrons. The van der Waals surface area contributed by atoms with Gasteiger partial charge in [0.05, 0.1) is 18.1 Å². The van der Waals surface area contributed by atoms with Gasteiger partial charge in [-0.25, -0.2) is 9.82 Å². The second kappa shape index (κ2) is 12.0. The van der Waals surface area contributed by atoms with Crippen LogP contribution in [0, 0.1) is 0 Å². The van der Waals surface area contributed by atoms with Crippen molar-refractivity contribution in [3.63, 3.8) is 0 Å². The molecule has 1 heterocycles. The molecule has 38 heavy (non-hydrogen) atoms. The molecule has 0 saturated heterocycles. The summed E-state index contributed by atoms with van der Waals surface area (Å²) in [5.74, 6) is 0.497. The Morgan fingerprint density at radius 3 is 2.26 bits per heavy atom. The van der Waals surface area contributed by atoms with E-state index in [1.165, 1.54) is 32.1 Å². The Kier molecular flexibility index (Phi) is 8.11. The minimum atomic E-state index is -0.185. The molecule has 0 aliphatic heterocycles. The third-order valence-electron chi connectivity index (χ3n) is 7.03. The van der Waals surface area contributed by atoms with Crippen molar-refractivity contribution in [2.45, 2.75) is 51.0 Å². The van der Waals surface area contributed by atoms with Crippen LogP contribution in [-0.2, 0) is 4.84 Å². The number of anilines is 1. The molecule has 5 N–H and O–H groups in total. The first kappa shape index (κ1) is 25.6. The van der Waals surface area contributed by atoms with E-state index in [1.807, 2.05) is 54.6 Å². The molecule has 3 aromatic carbocycles. The molecule has 1 aromatic heterocycles. The molecule has 1 aliphatic rings. The Balaban J connectivity index is 1.24. The van der Waals surface area contributed by atoms with Crippen LogP contribution in [0.2, 0.25) is 0 Å². The van der Waals surface area contributed by atoms with E-state index in [0.717, 1.165) is 35.1 Å². The van der Waals surface area contributed by atoms with Crippen molar-refractivity contribution in [2.24, 2.45) is 0 Å². The van der Waals surface area contributed by atoms with Gasteiger partial charge in [0, 0.05) is 40.6 Å². The van der Waals surface area contributed by atoms with Gasteiger partial charge in [0.2, 0.25) is 0 Å². The van der Waals surface area contributed by atoms with Gasteiger partial charge in [0.1, 0.15) is 5.82 Å². The Morgan fingerprint density at radius 1 is 0.868 bits per heavy atom. The summed E-state index contributed by atoms with van der Waals surface area (Å²) in [6.07, 6.45) is 8.28. The average molecular weight is 513 g/mol. The van der Waals surface area contributed by atoms with Gasteiger partial charge in [-0.1, -0.05) is 32.1 Å². The van der Waals surface area contributed by atoms with Crippen molar-refractivity contribution in [3.8, 4) is 11.4 Å². The lowest BCUT2D eigenvalue weighted by Crippen LogP contribution is -2.75. The minimum absolute atomic E-state index is 0.0276. The number of hydrogen-bond donors (Lipinski definition) is 4. The van der Waals surface area contributed by atoms with Crippen LogP contribution in [-0.4, -0.2) is 34.9 Å². The van der Waals surface area contributed by atoms with Crippen molar-refractivity contribution in [1.82, 2.24) is 15.3 Å². The van der Waals surface area contributed by atoms with Crippen molar-refractivity contribution in [3.05, 3.63) is 77.9 Å². The number of rotatable bonds is 7. The fraction of sp³-hybridized carbons (Fsp3) is 0.300. The van der Waals surface area contributed by atoms with E-state index in [4.69, 9.17) is 9.82 Å². The zero-order chi connectivity index (χ0) is 26.3. The number of aromatic nitrogens is 2. The molecular formula is C30H34N5O3+. The number of H-pyrrole nitrogens is 1. The summed E-state index contributed by atoms with van der Waals surface area (Å²) in [5.41, 5.74) is 6.91. The summed E-state index contributed by atoms with van der Waals surface area (Å²) in [5, 5.41) is 6.15. The number of aromatic amines is 1. The number of fused-ring (bicyclic) bond motifs is 1. The first-order valence-electron chi connectivity index (χ1n) is 13.3. The highest BCUT2D eigenvalue weighted by Gasteiger charge is 2.16. The minimum Gasteiger partial charge on any atom is -0.349 e. The van der Waals surface area contributed by atoms with E-state index in [2.05, 4.69) is 15.6 Å². The highest BCUT2D eigenvalue weighted by atomic mass is 16.6. The largest absolute Gasteiger partial charge is 0.349 e. The number of nitrogens with zero attached hydrogens (tertiary/aromatic N) is 1. The fourth-order valence-electron chi connectivity index (χ4n) is 4.92. The lowest BCUT2D eigenvalue weighted by Gasteiger charge is -2.21. The Morgan fingerprint density at radius 2 is 1.55 bits per heavy atom. The summed E-state index contributed by atoms with van der Waals surface area (Å²) >= 11 is 0. The van der Waals surface area contributed by atoms with Crippen LogP contribution in [0.25, 0.3) is 22.4 Å². The van der Waals surface area contributed by atoms with Crippen molar-refractivity contribution < 1.29 is 19.9 Å². The molecule has 0 bridgehead atoms. The number of nitrogens with one attached hydrogen (secondary N) is 3. The van der Waals surface area contributed by atoms with E-state index in [9.17, 15) is 9.59 Å². The molecule has 0 radical (unpaired) electrons. The number of carbonyl (C=O) groups is 2. The zero-order valence-electron chi connectivity index (χ0n) is 21.6. The molecular weight excluding hydrogens is 478 g/mol. The monoisotopic (exact) mass is 512 g/mol. The molecule has 8 nitrogen and oxygen atoms in total. The van der Waals surface area contributed by atoms with Crippen LogP contribution < -0.4 is 16.1 Å². The normalized spacial score (nSPS) is 14.6. The predicted octanol–water partition coefficient (Wildman–Crippen LogP) is 5.08. The highest BCUT2D eigenvalue weighted by molar-refractivity contribution is 6.04. The molecule has 1 saturated carbocycles. The van der Waals surface area contributed by atoms with Crippen molar-refractivity contribution in [1.29, 1.82) is 0 Å². The van der Waals surface area contributed by atoms with Crippen LogP contribution in [0.3, 0.4) is 0 Å². The maximum Gasteiger partial charge on any atom is 0.255 e. The lowest BCUT2D eigenvalue weighted by molar-refractivity contribution is -0.830. The fourth-order valence-corrected chi connectivity index (χ4v) is 4.92. The van der Waals surface area contributed by atoms with E-state index < -0.39 is 0 Å². The van der Waals surface area contributed by atoms with Gasteiger partial charge < -0.3 is 15.6 Å². The zero-order valence-corrected chi connectivity index (χ0v) is 21.6. The first-order chi connectivity index (χ1) is 18.6. The highest BCUT2D eigenvalue weighted by Crippen LogP contribution is 2.24. The van der Waals surface area contributed by atoms with E-state index in [1.54, 1.807) is 24.7 Å². The number of benzene rings is 3. The topological polar surface area (TPSA) is 113 Å². The van der Waals surface area contributed by atoms with Crippen LogP contribution in [0.15, 0.2) is 66.7 Å². The summed E-state index contributed by atoms with van der Waals surface area (Å²) in [7, 11) is 1.59. The molecule has 2 amide bonds. The Hall–Kier alpha value is -4.01. The number of quaternary nitrogens is 1. The van der Waals surface area contributed by atoms with Gasteiger partial charge in [-0.2, -0.15) is 5.48 Å². The standard InChI is InChI=1S/C30H33N5O3/c1-38-35-25-16-11-21(12-17-25)29(36)32-24-14-9-20(10-15-24)28-33-26-18-13-22(19-27(26)34-28)30(37)31-23-7-5-3-2-4-6-8-23/h9-19,23,35H,2-8H2,1H3,(H,31,37)(H,32,36)(H,33,34)/p+1. The molecule has 0 atom stereocenters. The summed E-state index contributed by atoms with van der Waals surface area (Å²) < 4.78 is 0. The van der Waals surface area contributed by atoms with Crippen molar-refractivity contribution >= 4 is 34.2 Å². The van der Waals surface area contributed by atoms with Crippen molar-refractivity contribution in [2.75, 3.05) is 12.4 Å². The molecule has 0 unspecified atom stereocenters. The number of hydrogen-bond acceptors (Lipinski definition) is 4. The smallest absolute Gasteiger partial charge is 0.255 e. The third-order valence-corrected chi connectivity index (χ3v) is 7.03. The average Bonchev–Trinajstić information content (AvgIpc) is 3.34. The quantitative estimate of drug-likeness (QED) is 0.204. The third kappa shape index (κ3) is 6.27. The number of amides is 2. The maximum absolute atomic E-state index is 12.9. The molecule has 1 aliphatic carbocycles. The lowest BCUT2D eigenvalue weighted by atomic mass is 9.96. The van der Waals surface area contributed by atoms with Crippen LogP contribution in [0.5, 0.6) is 0 Å². The summed E-state index contributed by atoms with van der Waals surface area (Å²) in [6.45, 7) is 0. The predicted molar refractivity (Wildman–Crippen MR) is 148 cm³/mol. The Bertz CT molecular complexity index is 1390. The van der Waals surface area contributed by atoms with E-state index >= 15 is 0 Å². The maximum atomic E-state index is 12.9. The molecule has 0 spiro atoms. The molecule has 5 rings (SSSR count). The second-order valence-electron chi connectivity index (χ2n) is 9.84. The van der Waals surface area contributed by atoms with E-state index in [0.29, 0.717) is 22.6 Å². The number of carbonyl (C=O) groups excluding carboxylic acids is 2.